The Bertz CT molecular complexity index is 1710. The number of hydrogen-bond donors (Lipinski definition) is 2. The van der Waals surface area contributed by atoms with Gasteiger partial charge in [0.25, 0.3) is 5.91 Å². The number of rotatable bonds is 6. The third-order valence-electron chi connectivity index (χ3n) is 10.4. The van der Waals surface area contributed by atoms with E-state index in [2.05, 4.69) is 4.98 Å². The van der Waals surface area contributed by atoms with Crippen LogP contribution in [0.3, 0.4) is 0 Å². The summed E-state index contributed by atoms with van der Waals surface area (Å²) in [5, 5.41) is 13.7. The van der Waals surface area contributed by atoms with Crippen molar-refractivity contribution in [2.75, 3.05) is 13.7 Å². The van der Waals surface area contributed by atoms with Crippen LogP contribution < -0.4 is 4.74 Å². The Kier molecular flexibility index (Phi) is 6.01. The van der Waals surface area contributed by atoms with Crippen LogP contribution in [0.1, 0.15) is 49.5 Å². The van der Waals surface area contributed by atoms with E-state index in [1.807, 2.05) is 24.4 Å². The number of carbonyl (C=O) groups excluding carboxylic acids is 4. The van der Waals surface area contributed by atoms with Gasteiger partial charge in [-0.3, -0.25) is 14.4 Å². The number of benzene rings is 2. The Morgan fingerprint density at radius 2 is 1.86 bits per heavy atom. The molecular formula is C33H34N2O9. The molecule has 2 spiro atoms. The van der Waals surface area contributed by atoms with Crippen LogP contribution in [0.4, 0.5) is 0 Å². The molecule has 4 heterocycles. The molecule has 0 radical (unpaired) electrons. The minimum absolute atomic E-state index is 0.0812. The number of hydrogen-bond acceptors (Lipinski definition) is 9. The number of carbonyl (C=O) groups is 4. The summed E-state index contributed by atoms with van der Waals surface area (Å²) in [6, 6.07) is 13.8. The molecule has 11 heteroatoms. The second kappa shape index (κ2) is 9.31. The fourth-order valence-electron chi connectivity index (χ4n) is 8.30. The Balaban J connectivity index is 1.36. The molecular weight excluding hydrogens is 568 g/mol. The SMILES string of the molecule is COc1ccc2[nH]cc(CCN3C(=O)[C@H](OC(=O)c4ccccc4)C45[C@@H]3OC(=O)[C@@]43CC(=O)O[C@H]3C[C@@]5(O)C(C)(C)C)c2c1. The molecule has 2 aromatic carbocycles. The van der Waals surface area contributed by atoms with E-state index in [1.165, 1.54) is 4.90 Å². The van der Waals surface area contributed by atoms with Crippen molar-refractivity contribution in [3.8, 4) is 5.75 Å². The lowest BCUT2D eigenvalue weighted by Gasteiger charge is -2.51. The van der Waals surface area contributed by atoms with Gasteiger partial charge in [-0.05, 0) is 47.7 Å². The summed E-state index contributed by atoms with van der Waals surface area (Å²) in [7, 11) is 1.58. The first-order valence-electron chi connectivity index (χ1n) is 14.7. The summed E-state index contributed by atoms with van der Waals surface area (Å²) in [5.41, 5.74) is -4.35. The highest BCUT2D eigenvalue weighted by Gasteiger charge is 2.93. The van der Waals surface area contributed by atoms with Gasteiger partial charge in [-0.15, -0.1) is 0 Å². The van der Waals surface area contributed by atoms with Gasteiger partial charge in [-0.2, -0.15) is 0 Å². The highest BCUT2D eigenvalue weighted by Crippen LogP contribution is 2.76. The predicted octanol–water partition coefficient (Wildman–Crippen LogP) is 3.14. The maximum absolute atomic E-state index is 14.5. The summed E-state index contributed by atoms with van der Waals surface area (Å²) in [6.07, 6.45) is -2.30. The maximum Gasteiger partial charge on any atom is 0.338 e. The van der Waals surface area contributed by atoms with Crippen molar-refractivity contribution in [2.24, 2.45) is 16.2 Å². The predicted molar refractivity (Wildman–Crippen MR) is 154 cm³/mol. The van der Waals surface area contributed by atoms with E-state index >= 15 is 0 Å². The number of fused-ring (bicyclic) bond motifs is 1. The van der Waals surface area contributed by atoms with Gasteiger partial charge in [0.05, 0.1) is 24.7 Å². The number of aliphatic hydroxyl groups is 1. The molecule has 11 nitrogen and oxygen atoms in total. The van der Waals surface area contributed by atoms with Crippen molar-refractivity contribution in [3.63, 3.8) is 0 Å². The van der Waals surface area contributed by atoms with Crippen molar-refractivity contribution < 1.29 is 43.2 Å². The largest absolute Gasteiger partial charge is 0.497 e. The van der Waals surface area contributed by atoms with Crippen LogP contribution >= 0.6 is 0 Å². The van der Waals surface area contributed by atoms with Gasteiger partial charge in [-0.25, -0.2) is 4.79 Å². The summed E-state index contributed by atoms with van der Waals surface area (Å²) in [6.45, 7) is 5.46. The summed E-state index contributed by atoms with van der Waals surface area (Å²) < 4.78 is 23.2. The van der Waals surface area contributed by atoms with Gasteiger partial charge in [0, 0.05) is 30.1 Å². The summed E-state index contributed by atoms with van der Waals surface area (Å²) in [5.74, 6) is -2.09. The number of aromatic amines is 1. The van der Waals surface area contributed by atoms with Crippen molar-refractivity contribution in [3.05, 3.63) is 65.9 Å². The monoisotopic (exact) mass is 602 g/mol. The number of ether oxygens (including phenoxy) is 4. The summed E-state index contributed by atoms with van der Waals surface area (Å²) in [4.78, 5) is 59.5. The van der Waals surface area contributed by atoms with Gasteiger partial charge in [0.1, 0.15) is 22.7 Å². The lowest BCUT2D eigenvalue weighted by molar-refractivity contribution is -0.211. The number of nitrogens with zero attached hydrogens (tertiary/aromatic N) is 1. The molecule has 3 aromatic rings. The number of methoxy groups -OCH3 is 1. The first-order chi connectivity index (χ1) is 20.9. The minimum Gasteiger partial charge on any atom is -0.497 e. The lowest BCUT2D eigenvalue weighted by atomic mass is 9.52. The summed E-state index contributed by atoms with van der Waals surface area (Å²) >= 11 is 0. The smallest absolute Gasteiger partial charge is 0.338 e. The average Bonchev–Trinajstić information content (AvgIpc) is 3.72. The number of likely N-dealkylation sites (tertiary alicyclic amines) is 1. The zero-order valence-electron chi connectivity index (χ0n) is 24.9. The number of amides is 1. The first kappa shape index (κ1) is 28.4. The van der Waals surface area contributed by atoms with Crippen LogP contribution in [0.15, 0.2) is 54.7 Å². The highest BCUT2D eigenvalue weighted by molar-refractivity contribution is 5.99. The van der Waals surface area contributed by atoms with E-state index in [0.717, 1.165) is 16.5 Å². The minimum atomic E-state index is -1.82. The molecule has 6 atom stereocenters. The second-order valence-corrected chi connectivity index (χ2v) is 13.2. The second-order valence-electron chi connectivity index (χ2n) is 13.2. The van der Waals surface area contributed by atoms with E-state index in [-0.39, 0.29) is 18.5 Å². The van der Waals surface area contributed by atoms with Crippen molar-refractivity contribution in [2.45, 2.75) is 64.1 Å². The maximum atomic E-state index is 14.5. The van der Waals surface area contributed by atoms with Crippen molar-refractivity contribution in [1.29, 1.82) is 0 Å². The standard InChI is InChI=1S/C33H34N2O9/c1-30(2,3)32(40)15-23-31(16-24(36)42-23)29(39)44-28-33(31,32)25(43-27(38)18-8-6-5-7-9-18)26(37)35(28)13-12-19-17-34-22-11-10-20(41-4)14-21(19)22/h5-11,14,17,23,25,28,34,40H,12-13,15-16H2,1-4H3/t23-,25-,28-,31-,32+,33?/m0/s1. The van der Waals surface area contributed by atoms with Crippen LogP contribution in [-0.4, -0.2) is 76.5 Å². The molecule has 7 rings (SSSR count). The van der Waals surface area contributed by atoms with Gasteiger partial charge in [0.15, 0.2) is 12.3 Å². The number of esters is 3. The van der Waals surface area contributed by atoms with Crippen LogP contribution in [0.5, 0.6) is 5.75 Å². The zero-order chi connectivity index (χ0) is 31.2. The molecule has 44 heavy (non-hydrogen) atoms. The molecule has 1 aliphatic carbocycles. The number of aromatic nitrogens is 1. The average molecular weight is 603 g/mol. The first-order valence-corrected chi connectivity index (χ1v) is 14.7. The molecule has 1 saturated carbocycles. The fraction of sp³-hybridized carbons (Fsp3) is 0.455. The van der Waals surface area contributed by atoms with Crippen LogP contribution in [0, 0.1) is 16.2 Å². The van der Waals surface area contributed by atoms with Gasteiger partial charge in [-0.1, -0.05) is 39.0 Å². The zero-order valence-corrected chi connectivity index (χ0v) is 24.9. The Labute approximate surface area is 253 Å². The molecule has 4 aliphatic rings. The molecule has 3 aliphatic heterocycles. The number of H-pyrrole nitrogens is 1. The van der Waals surface area contributed by atoms with Crippen LogP contribution in [-0.2, 0) is 35.0 Å². The number of nitrogens with one attached hydrogen (secondary N) is 1. The van der Waals surface area contributed by atoms with Gasteiger partial charge >= 0.3 is 17.9 Å². The van der Waals surface area contributed by atoms with Gasteiger partial charge < -0.3 is 33.9 Å². The van der Waals surface area contributed by atoms with Crippen LogP contribution in [0.25, 0.3) is 10.9 Å². The normalized spacial score (nSPS) is 32.3. The Hall–Kier alpha value is -4.38. The molecule has 1 unspecified atom stereocenters. The Morgan fingerprint density at radius 1 is 1.11 bits per heavy atom. The lowest BCUT2D eigenvalue weighted by Crippen LogP contribution is -2.66. The van der Waals surface area contributed by atoms with Gasteiger partial charge in [0.2, 0.25) is 0 Å². The third kappa shape index (κ3) is 3.41. The molecule has 0 bridgehead atoms. The topological polar surface area (TPSA) is 144 Å². The molecule has 3 saturated heterocycles. The van der Waals surface area contributed by atoms with Crippen molar-refractivity contribution in [1.82, 2.24) is 9.88 Å². The molecule has 2 N–H and O–H groups in total. The van der Waals surface area contributed by atoms with Crippen LogP contribution in [0.2, 0.25) is 0 Å². The van der Waals surface area contributed by atoms with Crippen molar-refractivity contribution >= 4 is 34.7 Å². The molecule has 4 fully saturated rings. The van der Waals surface area contributed by atoms with E-state index in [9.17, 15) is 24.3 Å². The Morgan fingerprint density at radius 3 is 2.57 bits per heavy atom. The quantitative estimate of drug-likeness (QED) is 0.321. The highest BCUT2D eigenvalue weighted by atomic mass is 16.6. The van der Waals surface area contributed by atoms with E-state index in [0.29, 0.717) is 12.2 Å². The van der Waals surface area contributed by atoms with E-state index in [4.69, 9.17) is 18.9 Å². The van der Waals surface area contributed by atoms with E-state index < -0.39 is 70.5 Å². The van der Waals surface area contributed by atoms with E-state index in [1.54, 1.807) is 58.2 Å². The third-order valence-corrected chi connectivity index (χ3v) is 10.4. The molecule has 230 valence electrons. The molecule has 1 aromatic heterocycles. The fourth-order valence-corrected chi connectivity index (χ4v) is 8.30. The molecule has 1 amide bonds.